The van der Waals surface area contributed by atoms with Crippen LogP contribution in [0.15, 0.2) is 18.2 Å². The third kappa shape index (κ3) is 4.46. The van der Waals surface area contributed by atoms with Crippen molar-refractivity contribution in [3.8, 4) is 5.75 Å². The van der Waals surface area contributed by atoms with E-state index in [1.54, 1.807) is 12.1 Å². The van der Waals surface area contributed by atoms with Gasteiger partial charge in [0.05, 0.1) is 7.11 Å². The molecule has 0 bridgehead atoms. The third-order valence-corrected chi connectivity index (χ3v) is 4.24. The Bertz CT molecular complexity index is 481. The Morgan fingerprint density at radius 2 is 2.05 bits per heavy atom. The van der Waals surface area contributed by atoms with Crippen LogP contribution in [0.25, 0.3) is 0 Å². The largest absolute Gasteiger partial charge is 0.496 e. The molecule has 1 aromatic carbocycles. The summed E-state index contributed by atoms with van der Waals surface area (Å²) in [6.45, 7) is 1.87. The van der Waals surface area contributed by atoms with Crippen LogP contribution in [0.4, 0.5) is 0 Å². The molecular weight excluding hydrogens is 266 g/mol. The van der Waals surface area contributed by atoms with Gasteiger partial charge in [0.1, 0.15) is 11.3 Å². The summed E-state index contributed by atoms with van der Waals surface area (Å²) >= 11 is 0. The smallest absolute Gasteiger partial charge is 0.339 e. The predicted octanol–water partition coefficient (Wildman–Crippen LogP) is 3.41. The number of carbonyl (C=O) groups is 1. The lowest BCUT2D eigenvalue weighted by Gasteiger charge is -2.27. The fraction of sp³-hybridized carbons (Fsp3) is 0.588. The van der Waals surface area contributed by atoms with Crippen LogP contribution >= 0.6 is 0 Å². The van der Waals surface area contributed by atoms with E-state index in [2.05, 4.69) is 11.9 Å². The molecule has 0 unspecified atom stereocenters. The van der Waals surface area contributed by atoms with E-state index in [4.69, 9.17) is 4.74 Å². The number of nitrogens with zero attached hydrogens (tertiary/aromatic N) is 1. The molecule has 4 heteroatoms. The fourth-order valence-electron chi connectivity index (χ4n) is 3.21. The summed E-state index contributed by atoms with van der Waals surface area (Å²) in [5.74, 6) is 0.269. The molecule has 0 heterocycles. The molecule has 0 radical (unpaired) electrons. The number of hydrogen-bond donors (Lipinski definition) is 1. The second kappa shape index (κ2) is 7.46. The molecule has 0 aliphatic heterocycles. The van der Waals surface area contributed by atoms with Gasteiger partial charge in [-0.1, -0.05) is 25.3 Å². The molecule has 0 atom stereocenters. The summed E-state index contributed by atoms with van der Waals surface area (Å²) in [6.07, 6.45) is 6.73. The van der Waals surface area contributed by atoms with E-state index in [0.717, 1.165) is 24.6 Å². The SMILES string of the molecule is COc1ccc(CN(C)CC2CCCCC2)cc1C(=O)O. The molecule has 1 aliphatic rings. The van der Waals surface area contributed by atoms with Crippen molar-refractivity contribution in [2.45, 2.75) is 38.6 Å². The van der Waals surface area contributed by atoms with E-state index in [1.165, 1.54) is 39.2 Å². The summed E-state index contributed by atoms with van der Waals surface area (Å²) in [6, 6.07) is 5.41. The Hall–Kier alpha value is -1.55. The van der Waals surface area contributed by atoms with Crippen LogP contribution in [0.3, 0.4) is 0 Å². The molecule has 21 heavy (non-hydrogen) atoms. The first-order valence-electron chi connectivity index (χ1n) is 7.69. The van der Waals surface area contributed by atoms with Crippen LogP contribution < -0.4 is 4.74 Å². The van der Waals surface area contributed by atoms with Gasteiger partial charge in [-0.05, 0) is 43.5 Å². The lowest BCUT2D eigenvalue weighted by atomic mass is 9.89. The molecule has 4 nitrogen and oxygen atoms in total. The van der Waals surface area contributed by atoms with Crippen LogP contribution in [0.5, 0.6) is 5.75 Å². The second-order valence-electron chi connectivity index (χ2n) is 6.04. The normalized spacial score (nSPS) is 16.1. The Kier molecular flexibility index (Phi) is 5.62. The maximum atomic E-state index is 11.2. The van der Waals surface area contributed by atoms with Crippen LogP contribution in [-0.2, 0) is 6.54 Å². The van der Waals surface area contributed by atoms with Crippen LogP contribution in [0.1, 0.15) is 48.0 Å². The number of carboxylic acid groups (broad SMARTS) is 1. The van der Waals surface area contributed by atoms with Gasteiger partial charge in [0.2, 0.25) is 0 Å². The minimum Gasteiger partial charge on any atom is -0.496 e. The standard InChI is InChI=1S/C17H25NO3/c1-18(11-13-6-4-3-5-7-13)12-14-8-9-16(21-2)15(10-14)17(19)20/h8-10,13H,3-7,11-12H2,1-2H3,(H,19,20). The van der Waals surface area contributed by atoms with Crippen LogP contribution in [0, 0.1) is 5.92 Å². The molecular formula is C17H25NO3. The Morgan fingerprint density at radius 3 is 2.67 bits per heavy atom. The third-order valence-electron chi connectivity index (χ3n) is 4.24. The molecule has 1 N–H and O–H groups in total. The lowest BCUT2D eigenvalue weighted by molar-refractivity contribution is 0.0693. The highest BCUT2D eigenvalue weighted by Crippen LogP contribution is 2.25. The zero-order valence-electron chi connectivity index (χ0n) is 13.0. The molecule has 0 aromatic heterocycles. The van der Waals surface area contributed by atoms with Crippen molar-refractivity contribution < 1.29 is 14.6 Å². The van der Waals surface area contributed by atoms with E-state index >= 15 is 0 Å². The van der Waals surface area contributed by atoms with Crippen molar-refractivity contribution >= 4 is 5.97 Å². The minimum absolute atomic E-state index is 0.237. The highest BCUT2D eigenvalue weighted by atomic mass is 16.5. The molecule has 1 aromatic rings. The van der Waals surface area contributed by atoms with Gasteiger partial charge in [0.15, 0.2) is 0 Å². The Morgan fingerprint density at radius 1 is 1.33 bits per heavy atom. The van der Waals surface area contributed by atoms with Crippen LogP contribution in [0.2, 0.25) is 0 Å². The lowest BCUT2D eigenvalue weighted by Crippen LogP contribution is -2.26. The number of rotatable bonds is 6. The highest BCUT2D eigenvalue weighted by Gasteiger charge is 2.16. The summed E-state index contributed by atoms with van der Waals surface area (Å²) in [5, 5.41) is 9.22. The monoisotopic (exact) mass is 291 g/mol. The first-order valence-corrected chi connectivity index (χ1v) is 7.69. The average Bonchev–Trinajstić information content (AvgIpc) is 2.48. The van der Waals surface area contributed by atoms with Crippen molar-refractivity contribution in [2.75, 3.05) is 20.7 Å². The molecule has 1 fully saturated rings. The van der Waals surface area contributed by atoms with Gasteiger partial charge in [0, 0.05) is 13.1 Å². The quantitative estimate of drug-likeness (QED) is 0.872. The molecule has 1 saturated carbocycles. The molecule has 0 spiro atoms. The summed E-state index contributed by atoms with van der Waals surface area (Å²) in [7, 11) is 3.61. The Labute approximate surface area is 126 Å². The molecule has 1 aliphatic carbocycles. The molecule has 0 saturated heterocycles. The maximum Gasteiger partial charge on any atom is 0.339 e. The zero-order valence-corrected chi connectivity index (χ0v) is 13.0. The van der Waals surface area contributed by atoms with Crippen molar-refractivity contribution in [2.24, 2.45) is 5.92 Å². The predicted molar refractivity (Wildman–Crippen MR) is 82.9 cm³/mol. The van der Waals surface area contributed by atoms with Crippen molar-refractivity contribution in [1.29, 1.82) is 0 Å². The zero-order chi connectivity index (χ0) is 15.2. The molecule has 0 amide bonds. The van der Waals surface area contributed by atoms with Gasteiger partial charge >= 0.3 is 5.97 Å². The molecule has 116 valence electrons. The first kappa shape index (κ1) is 15.8. The minimum atomic E-state index is -0.941. The van der Waals surface area contributed by atoms with Gasteiger partial charge in [-0.3, -0.25) is 0 Å². The van der Waals surface area contributed by atoms with E-state index in [0.29, 0.717) is 5.75 Å². The number of carboxylic acids is 1. The van der Waals surface area contributed by atoms with Gasteiger partial charge in [0.25, 0.3) is 0 Å². The summed E-state index contributed by atoms with van der Waals surface area (Å²) < 4.78 is 5.09. The van der Waals surface area contributed by atoms with E-state index in [-0.39, 0.29) is 5.56 Å². The van der Waals surface area contributed by atoms with Gasteiger partial charge in [-0.25, -0.2) is 4.79 Å². The topological polar surface area (TPSA) is 49.8 Å². The number of methoxy groups -OCH3 is 1. The highest BCUT2D eigenvalue weighted by molar-refractivity contribution is 5.91. The van der Waals surface area contributed by atoms with Gasteiger partial charge in [-0.2, -0.15) is 0 Å². The Balaban J connectivity index is 1.98. The van der Waals surface area contributed by atoms with Crippen molar-refractivity contribution in [1.82, 2.24) is 4.90 Å². The summed E-state index contributed by atoms with van der Waals surface area (Å²) in [4.78, 5) is 13.5. The number of aromatic carboxylic acids is 1. The fourth-order valence-corrected chi connectivity index (χ4v) is 3.21. The first-order chi connectivity index (χ1) is 10.1. The van der Waals surface area contributed by atoms with E-state index < -0.39 is 5.97 Å². The average molecular weight is 291 g/mol. The summed E-state index contributed by atoms with van der Waals surface area (Å²) in [5.41, 5.74) is 1.26. The maximum absolute atomic E-state index is 11.2. The van der Waals surface area contributed by atoms with Crippen molar-refractivity contribution in [3.05, 3.63) is 29.3 Å². The number of hydrogen-bond acceptors (Lipinski definition) is 3. The van der Waals surface area contributed by atoms with Crippen LogP contribution in [-0.4, -0.2) is 36.7 Å². The number of ether oxygens (including phenoxy) is 1. The van der Waals surface area contributed by atoms with Gasteiger partial charge < -0.3 is 14.7 Å². The van der Waals surface area contributed by atoms with E-state index in [9.17, 15) is 9.90 Å². The van der Waals surface area contributed by atoms with Gasteiger partial charge in [-0.15, -0.1) is 0 Å². The number of benzene rings is 1. The van der Waals surface area contributed by atoms with E-state index in [1.807, 2.05) is 6.07 Å². The molecule has 2 rings (SSSR count). The second-order valence-corrected chi connectivity index (χ2v) is 6.04. The van der Waals surface area contributed by atoms with Crippen molar-refractivity contribution in [3.63, 3.8) is 0 Å².